The molecule has 240 valence electrons. The standard InChI is InChI=1S/C35H47NO6S2/c1-2-3-4-5-6-7-8-9-10-11-12-17-22-42-31-21-16-15-20-29(31)36-35(39)28-23-32(26-18-13-14-19-27(26)34(28)38)43-33-25-44(40,41)24-30(33)37/h13-16,18-21,23,30,33,37-38H,2-12,17,22,24-25H2,1H3,(H,36,39). The number of fused-ring (bicyclic) bond motifs is 1. The number of thioether (sulfide) groups is 1. The lowest BCUT2D eigenvalue weighted by Gasteiger charge is -2.17. The molecule has 1 aliphatic heterocycles. The second-order valence-electron chi connectivity index (χ2n) is 11.8. The van der Waals surface area contributed by atoms with Gasteiger partial charge in [-0.2, -0.15) is 0 Å². The Kier molecular flexibility index (Phi) is 13.2. The zero-order valence-corrected chi connectivity index (χ0v) is 27.4. The molecule has 0 radical (unpaired) electrons. The largest absolute Gasteiger partial charge is 0.506 e. The van der Waals surface area contributed by atoms with Crippen LogP contribution >= 0.6 is 11.8 Å². The number of benzene rings is 3. The molecule has 0 spiro atoms. The van der Waals surface area contributed by atoms with Crippen molar-refractivity contribution in [2.45, 2.75) is 100 Å². The van der Waals surface area contributed by atoms with E-state index in [1.807, 2.05) is 30.3 Å². The molecule has 1 saturated heterocycles. The van der Waals surface area contributed by atoms with Crippen molar-refractivity contribution in [3.8, 4) is 11.5 Å². The average molecular weight is 642 g/mol. The number of aromatic hydroxyl groups is 1. The Morgan fingerprint density at radius 3 is 2.09 bits per heavy atom. The summed E-state index contributed by atoms with van der Waals surface area (Å²) in [6.45, 7) is 2.81. The summed E-state index contributed by atoms with van der Waals surface area (Å²) < 4.78 is 30.2. The molecule has 3 N–H and O–H groups in total. The summed E-state index contributed by atoms with van der Waals surface area (Å²) in [7, 11) is -3.33. The van der Waals surface area contributed by atoms with Crippen molar-refractivity contribution in [2.75, 3.05) is 23.4 Å². The summed E-state index contributed by atoms with van der Waals surface area (Å²) in [5.74, 6) is -0.505. The lowest BCUT2D eigenvalue weighted by molar-refractivity contribution is 0.102. The molecule has 44 heavy (non-hydrogen) atoms. The molecule has 1 fully saturated rings. The van der Waals surface area contributed by atoms with E-state index in [1.165, 1.54) is 76.0 Å². The summed E-state index contributed by atoms with van der Waals surface area (Å²) >= 11 is 1.22. The van der Waals surface area contributed by atoms with E-state index in [4.69, 9.17) is 4.74 Å². The van der Waals surface area contributed by atoms with E-state index in [0.29, 0.717) is 33.7 Å². The number of ether oxygens (including phenoxy) is 1. The second-order valence-corrected chi connectivity index (χ2v) is 15.2. The summed E-state index contributed by atoms with van der Waals surface area (Å²) in [5, 5.41) is 24.9. The first-order valence-electron chi connectivity index (χ1n) is 16.1. The SMILES string of the molecule is CCCCCCCCCCCCCCOc1ccccc1NC(=O)c1cc(SC2CS(=O)(=O)CC2O)c2ccccc2c1O. The van der Waals surface area contributed by atoms with Crippen molar-refractivity contribution in [3.63, 3.8) is 0 Å². The van der Waals surface area contributed by atoms with Gasteiger partial charge in [0.15, 0.2) is 9.84 Å². The van der Waals surface area contributed by atoms with Gasteiger partial charge in [-0.05, 0) is 30.0 Å². The normalized spacial score (nSPS) is 17.6. The fourth-order valence-corrected chi connectivity index (χ4v) is 9.38. The quantitative estimate of drug-likeness (QED) is 0.120. The first-order valence-corrected chi connectivity index (χ1v) is 18.8. The Morgan fingerprint density at radius 2 is 1.45 bits per heavy atom. The number of carbonyl (C=O) groups excluding carboxylic acids is 1. The number of hydrogen-bond donors (Lipinski definition) is 3. The number of nitrogens with one attached hydrogen (secondary N) is 1. The minimum Gasteiger partial charge on any atom is -0.506 e. The van der Waals surface area contributed by atoms with Gasteiger partial charge in [0.25, 0.3) is 5.91 Å². The highest BCUT2D eigenvalue weighted by Crippen LogP contribution is 2.41. The van der Waals surface area contributed by atoms with Crippen LogP contribution in [0.4, 0.5) is 5.69 Å². The van der Waals surface area contributed by atoms with Crippen LogP contribution in [0.2, 0.25) is 0 Å². The molecule has 2 atom stereocenters. The zero-order chi connectivity index (χ0) is 31.4. The highest BCUT2D eigenvalue weighted by Gasteiger charge is 2.37. The van der Waals surface area contributed by atoms with Crippen LogP contribution in [0.1, 0.15) is 94.3 Å². The van der Waals surface area contributed by atoms with E-state index in [2.05, 4.69) is 12.2 Å². The number of phenols is 1. The molecule has 0 bridgehead atoms. The van der Waals surface area contributed by atoms with Gasteiger partial charge >= 0.3 is 0 Å². The van der Waals surface area contributed by atoms with Crippen LogP contribution in [-0.4, -0.2) is 54.0 Å². The highest BCUT2D eigenvalue weighted by molar-refractivity contribution is 8.02. The van der Waals surface area contributed by atoms with Crippen LogP contribution in [0.5, 0.6) is 11.5 Å². The van der Waals surface area contributed by atoms with Gasteiger partial charge in [-0.25, -0.2) is 8.42 Å². The predicted molar refractivity (Wildman–Crippen MR) is 181 cm³/mol. The molecular formula is C35H47NO6S2. The predicted octanol–water partition coefficient (Wildman–Crippen LogP) is 8.13. The maximum absolute atomic E-state index is 13.5. The number of aliphatic hydroxyl groups is 1. The number of carbonyl (C=O) groups is 1. The maximum Gasteiger partial charge on any atom is 0.259 e. The maximum atomic E-state index is 13.5. The van der Waals surface area contributed by atoms with Gasteiger partial charge in [0.2, 0.25) is 0 Å². The number of anilines is 1. The Bertz CT molecular complexity index is 1480. The van der Waals surface area contributed by atoms with Gasteiger partial charge in [-0.15, -0.1) is 11.8 Å². The van der Waals surface area contributed by atoms with Crippen molar-refractivity contribution in [3.05, 3.63) is 60.2 Å². The van der Waals surface area contributed by atoms with Crippen LogP contribution < -0.4 is 10.1 Å². The van der Waals surface area contributed by atoms with E-state index >= 15 is 0 Å². The molecular weight excluding hydrogens is 595 g/mol. The van der Waals surface area contributed by atoms with Crippen molar-refractivity contribution in [2.24, 2.45) is 0 Å². The van der Waals surface area contributed by atoms with Crippen molar-refractivity contribution in [1.29, 1.82) is 0 Å². The number of unbranched alkanes of at least 4 members (excludes halogenated alkanes) is 11. The highest BCUT2D eigenvalue weighted by atomic mass is 32.2. The van der Waals surface area contributed by atoms with Crippen LogP contribution in [0, 0.1) is 0 Å². The third-order valence-electron chi connectivity index (χ3n) is 8.16. The number of aliphatic hydroxyl groups excluding tert-OH is 1. The van der Waals surface area contributed by atoms with Gasteiger partial charge in [-0.3, -0.25) is 4.79 Å². The van der Waals surface area contributed by atoms with Crippen molar-refractivity contribution >= 4 is 44.0 Å². The first kappa shape index (κ1) is 34.1. The Morgan fingerprint density at radius 1 is 0.864 bits per heavy atom. The fraction of sp³-hybridized carbons (Fsp3) is 0.514. The lowest BCUT2D eigenvalue weighted by Crippen LogP contribution is -2.20. The third kappa shape index (κ3) is 9.88. The molecule has 2 unspecified atom stereocenters. The van der Waals surface area contributed by atoms with Crippen molar-refractivity contribution < 1.29 is 28.2 Å². The molecule has 9 heteroatoms. The first-order chi connectivity index (χ1) is 21.3. The molecule has 3 aromatic carbocycles. The number of rotatable bonds is 18. The monoisotopic (exact) mass is 641 g/mol. The average Bonchev–Trinajstić information content (AvgIpc) is 3.27. The molecule has 7 nitrogen and oxygen atoms in total. The smallest absolute Gasteiger partial charge is 0.259 e. The number of para-hydroxylation sites is 2. The van der Waals surface area contributed by atoms with Gasteiger partial charge in [-0.1, -0.05) is 114 Å². The minimum absolute atomic E-state index is 0.0670. The molecule has 0 saturated carbocycles. The topological polar surface area (TPSA) is 113 Å². The van der Waals surface area contributed by atoms with Crippen LogP contribution in [0.15, 0.2) is 59.5 Å². The summed E-state index contributed by atoms with van der Waals surface area (Å²) in [4.78, 5) is 14.1. The Balaban J connectivity index is 1.32. The molecule has 4 rings (SSSR count). The number of sulfone groups is 1. The van der Waals surface area contributed by atoms with Gasteiger partial charge in [0.1, 0.15) is 11.5 Å². The Hall–Kier alpha value is -2.75. The molecule has 1 aliphatic rings. The van der Waals surface area contributed by atoms with Gasteiger partial charge in [0, 0.05) is 10.3 Å². The van der Waals surface area contributed by atoms with Gasteiger partial charge < -0.3 is 20.3 Å². The number of hydrogen-bond acceptors (Lipinski definition) is 7. The fourth-order valence-electron chi connectivity index (χ4n) is 5.68. The molecule has 0 aromatic heterocycles. The van der Waals surface area contributed by atoms with Crippen LogP contribution in [0.3, 0.4) is 0 Å². The van der Waals surface area contributed by atoms with Crippen LogP contribution in [-0.2, 0) is 9.84 Å². The Labute approximate surface area is 266 Å². The summed E-state index contributed by atoms with van der Waals surface area (Å²) in [5.41, 5.74) is 0.577. The second kappa shape index (κ2) is 17.1. The summed E-state index contributed by atoms with van der Waals surface area (Å²) in [6.07, 6.45) is 14.2. The van der Waals surface area contributed by atoms with Gasteiger partial charge in [0.05, 0.1) is 40.7 Å². The minimum atomic E-state index is -3.33. The van der Waals surface area contributed by atoms with Crippen molar-refractivity contribution in [1.82, 2.24) is 0 Å². The summed E-state index contributed by atoms with van der Waals surface area (Å²) in [6, 6.07) is 16.0. The van der Waals surface area contributed by atoms with E-state index < -0.39 is 27.1 Å². The molecule has 3 aromatic rings. The van der Waals surface area contributed by atoms with E-state index in [1.54, 1.807) is 24.3 Å². The molecule has 1 heterocycles. The number of amides is 1. The van der Waals surface area contributed by atoms with E-state index in [9.17, 15) is 23.4 Å². The zero-order valence-electron chi connectivity index (χ0n) is 25.8. The molecule has 0 aliphatic carbocycles. The van der Waals surface area contributed by atoms with E-state index in [0.717, 1.165) is 12.8 Å². The van der Waals surface area contributed by atoms with Crippen LogP contribution in [0.25, 0.3) is 10.8 Å². The lowest BCUT2D eigenvalue weighted by atomic mass is 10.0. The number of phenolic OH excluding ortho intramolecular Hbond substituents is 1. The molecule has 1 amide bonds. The third-order valence-corrected chi connectivity index (χ3v) is 11.5. The van der Waals surface area contributed by atoms with E-state index in [-0.39, 0.29) is 22.8 Å².